The van der Waals surface area contributed by atoms with E-state index in [0.717, 1.165) is 11.3 Å². The van der Waals surface area contributed by atoms with Gasteiger partial charge in [0, 0.05) is 17.2 Å². The van der Waals surface area contributed by atoms with Crippen LogP contribution in [0.25, 0.3) is 11.3 Å². The molecule has 0 aliphatic rings. The Balaban J connectivity index is 2.34. The molecule has 1 unspecified atom stereocenters. The van der Waals surface area contributed by atoms with Crippen molar-refractivity contribution in [2.24, 2.45) is 0 Å². The second kappa shape index (κ2) is 6.86. The summed E-state index contributed by atoms with van der Waals surface area (Å²) in [6.45, 7) is 7.33. The normalized spacial score (nSPS) is 12.5. The molecule has 1 N–H and O–H groups in total. The lowest BCUT2D eigenvalue weighted by atomic mass is 10.1. The Morgan fingerprint density at radius 3 is 2.33 bits per heavy atom. The van der Waals surface area contributed by atoms with E-state index in [1.165, 1.54) is 10.7 Å². The summed E-state index contributed by atoms with van der Waals surface area (Å²) >= 11 is 0. The van der Waals surface area contributed by atoms with Gasteiger partial charge in [0.25, 0.3) is 5.56 Å². The first-order valence-corrected chi connectivity index (χ1v) is 7.77. The van der Waals surface area contributed by atoms with E-state index < -0.39 is 6.04 Å². The quantitative estimate of drug-likeness (QED) is 0.935. The highest BCUT2D eigenvalue weighted by atomic mass is 16.5. The topological polar surface area (TPSA) is 73.2 Å². The number of hydrogen-bond acceptors (Lipinski definition) is 4. The van der Waals surface area contributed by atoms with Gasteiger partial charge in [-0.05, 0) is 58.0 Å². The number of benzene rings is 1. The number of methoxy groups -OCH3 is 1. The van der Waals surface area contributed by atoms with Crippen molar-refractivity contribution in [3.63, 3.8) is 0 Å². The second-order valence-electron chi connectivity index (χ2n) is 6.65. The van der Waals surface area contributed by atoms with Crippen LogP contribution in [0.4, 0.5) is 0 Å². The molecule has 128 valence electrons. The maximum absolute atomic E-state index is 12.3. The SMILES string of the molecule is COc1ccc(-c2ccc(=O)n(C(C)C(=O)NC(C)(C)C)n2)cc1. The fraction of sp³-hybridized carbons (Fsp3) is 0.389. The van der Waals surface area contributed by atoms with Gasteiger partial charge in [-0.15, -0.1) is 0 Å². The van der Waals surface area contributed by atoms with Gasteiger partial charge in [-0.25, -0.2) is 4.68 Å². The van der Waals surface area contributed by atoms with Gasteiger partial charge in [0.2, 0.25) is 5.91 Å². The molecule has 2 aromatic rings. The van der Waals surface area contributed by atoms with Gasteiger partial charge in [-0.2, -0.15) is 5.10 Å². The smallest absolute Gasteiger partial charge is 0.267 e. The van der Waals surface area contributed by atoms with Crippen LogP contribution >= 0.6 is 0 Å². The molecule has 1 amide bonds. The third kappa shape index (κ3) is 4.22. The molecule has 6 heteroatoms. The highest BCUT2D eigenvalue weighted by molar-refractivity contribution is 5.80. The third-order valence-electron chi connectivity index (χ3n) is 3.46. The number of aromatic nitrogens is 2. The van der Waals surface area contributed by atoms with Crippen molar-refractivity contribution in [1.82, 2.24) is 15.1 Å². The molecule has 6 nitrogen and oxygen atoms in total. The summed E-state index contributed by atoms with van der Waals surface area (Å²) < 4.78 is 6.34. The summed E-state index contributed by atoms with van der Waals surface area (Å²) in [4.78, 5) is 24.4. The van der Waals surface area contributed by atoms with Gasteiger partial charge in [0.05, 0.1) is 12.8 Å². The van der Waals surface area contributed by atoms with Crippen molar-refractivity contribution < 1.29 is 9.53 Å². The maximum Gasteiger partial charge on any atom is 0.267 e. The van der Waals surface area contributed by atoms with Crippen LogP contribution in [0.1, 0.15) is 33.7 Å². The molecule has 0 aliphatic heterocycles. The highest BCUT2D eigenvalue weighted by Gasteiger charge is 2.22. The molecule has 1 atom stereocenters. The van der Waals surface area contributed by atoms with Gasteiger partial charge in [0.15, 0.2) is 0 Å². The second-order valence-corrected chi connectivity index (χ2v) is 6.65. The Morgan fingerprint density at radius 1 is 1.17 bits per heavy atom. The standard InChI is InChI=1S/C18H23N3O3/c1-12(17(23)19-18(2,3)4)21-16(22)11-10-15(20-21)13-6-8-14(24-5)9-7-13/h6-12H,1-5H3,(H,19,23). The van der Waals surface area contributed by atoms with E-state index in [4.69, 9.17) is 4.74 Å². The van der Waals surface area contributed by atoms with Gasteiger partial charge in [-0.3, -0.25) is 9.59 Å². The van der Waals surface area contributed by atoms with Crippen molar-refractivity contribution >= 4 is 5.91 Å². The molecule has 0 radical (unpaired) electrons. The average Bonchev–Trinajstić information content (AvgIpc) is 2.53. The van der Waals surface area contributed by atoms with Crippen molar-refractivity contribution in [2.75, 3.05) is 7.11 Å². The van der Waals surface area contributed by atoms with Gasteiger partial charge >= 0.3 is 0 Å². The highest BCUT2D eigenvalue weighted by Crippen LogP contribution is 2.20. The Kier molecular flexibility index (Phi) is 5.07. The number of nitrogens with zero attached hydrogens (tertiary/aromatic N) is 2. The van der Waals surface area contributed by atoms with Crippen molar-refractivity contribution in [2.45, 2.75) is 39.3 Å². The number of carbonyl (C=O) groups excluding carboxylic acids is 1. The molecule has 1 aromatic heterocycles. The number of hydrogen-bond donors (Lipinski definition) is 1. The molecule has 0 spiro atoms. The lowest BCUT2D eigenvalue weighted by Gasteiger charge is -2.23. The molecular weight excluding hydrogens is 306 g/mol. The minimum absolute atomic E-state index is 0.246. The van der Waals surface area contributed by atoms with E-state index in [9.17, 15) is 9.59 Å². The summed E-state index contributed by atoms with van der Waals surface area (Å²) in [7, 11) is 1.60. The van der Waals surface area contributed by atoms with Crippen molar-refractivity contribution in [3.8, 4) is 17.0 Å². The zero-order chi connectivity index (χ0) is 17.9. The number of nitrogens with one attached hydrogen (secondary N) is 1. The molecule has 2 rings (SSSR count). The predicted octanol–water partition coefficient (Wildman–Crippen LogP) is 2.39. The lowest BCUT2D eigenvalue weighted by molar-refractivity contribution is -0.125. The number of ether oxygens (including phenoxy) is 1. The first-order chi connectivity index (χ1) is 11.2. The molecule has 0 bridgehead atoms. The van der Waals surface area contributed by atoms with Gasteiger partial charge < -0.3 is 10.1 Å². The fourth-order valence-corrected chi connectivity index (χ4v) is 2.20. The van der Waals surface area contributed by atoms with E-state index in [1.807, 2.05) is 45.0 Å². The zero-order valence-corrected chi connectivity index (χ0v) is 14.7. The summed E-state index contributed by atoms with van der Waals surface area (Å²) in [5.74, 6) is 0.494. The molecule has 0 aliphatic carbocycles. The van der Waals surface area contributed by atoms with E-state index >= 15 is 0 Å². The Morgan fingerprint density at radius 2 is 1.79 bits per heavy atom. The van der Waals surface area contributed by atoms with Crippen LogP contribution in [0.5, 0.6) is 5.75 Å². The van der Waals surface area contributed by atoms with E-state index in [-0.39, 0.29) is 17.0 Å². The summed E-state index contributed by atoms with van der Waals surface area (Å²) in [6, 6.07) is 9.73. The largest absolute Gasteiger partial charge is 0.497 e. The van der Waals surface area contributed by atoms with Crippen molar-refractivity contribution in [3.05, 3.63) is 46.8 Å². The van der Waals surface area contributed by atoms with Crippen LogP contribution in [0.2, 0.25) is 0 Å². The van der Waals surface area contributed by atoms with Crippen LogP contribution in [0.15, 0.2) is 41.2 Å². The van der Waals surface area contributed by atoms with Crippen molar-refractivity contribution in [1.29, 1.82) is 0 Å². The summed E-state index contributed by atoms with van der Waals surface area (Å²) in [6.07, 6.45) is 0. The van der Waals surface area contributed by atoms with Crippen LogP contribution < -0.4 is 15.6 Å². The first kappa shape index (κ1) is 17.7. The number of rotatable bonds is 4. The third-order valence-corrected chi connectivity index (χ3v) is 3.46. The number of amides is 1. The van der Waals surface area contributed by atoms with Gasteiger partial charge in [0.1, 0.15) is 11.8 Å². The Labute approximate surface area is 141 Å². The maximum atomic E-state index is 12.3. The minimum Gasteiger partial charge on any atom is -0.497 e. The van der Waals surface area contributed by atoms with E-state index in [2.05, 4.69) is 10.4 Å². The van der Waals surface area contributed by atoms with E-state index in [1.54, 1.807) is 20.1 Å². The van der Waals surface area contributed by atoms with Crippen LogP contribution in [0, 0.1) is 0 Å². The molecule has 0 saturated carbocycles. The zero-order valence-electron chi connectivity index (χ0n) is 14.7. The Bertz CT molecular complexity index is 773. The monoisotopic (exact) mass is 329 g/mol. The fourth-order valence-electron chi connectivity index (χ4n) is 2.20. The molecule has 1 aromatic carbocycles. The van der Waals surface area contributed by atoms with E-state index in [0.29, 0.717) is 5.69 Å². The molecule has 0 fully saturated rings. The minimum atomic E-state index is -0.699. The molecule has 1 heterocycles. The summed E-state index contributed by atoms with van der Waals surface area (Å²) in [5, 5.41) is 7.22. The van der Waals surface area contributed by atoms with Crippen LogP contribution in [0.3, 0.4) is 0 Å². The lowest BCUT2D eigenvalue weighted by Crippen LogP contribution is -2.45. The molecular formula is C18H23N3O3. The first-order valence-electron chi connectivity index (χ1n) is 7.77. The van der Waals surface area contributed by atoms with Crippen LogP contribution in [-0.2, 0) is 4.79 Å². The molecule has 24 heavy (non-hydrogen) atoms. The predicted molar refractivity (Wildman–Crippen MR) is 93.1 cm³/mol. The number of carbonyl (C=O) groups is 1. The summed E-state index contributed by atoms with van der Waals surface area (Å²) in [5.41, 5.74) is 0.771. The van der Waals surface area contributed by atoms with Gasteiger partial charge in [-0.1, -0.05) is 0 Å². The van der Waals surface area contributed by atoms with Crippen LogP contribution in [-0.4, -0.2) is 28.3 Å². The Hall–Kier alpha value is -2.63. The average molecular weight is 329 g/mol. The molecule has 0 saturated heterocycles.